The van der Waals surface area contributed by atoms with Crippen LogP contribution in [0.1, 0.15) is 19.4 Å². The molecule has 1 atom stereocenters. The molecular formula is C21H23N5O2S. The molecule has 3 aromatic rings. The van der Waals surface area contributed by atoms with E-state index in [4.69, 9.17) is 10.6 Å². The molecule has 0 bridgehead atoms. The minimum atomic E-state index is -0.333. The highest BCUT2D eigenvalue weighted by atomic mass is 32.2. The topological polar surface area (TPSA) is 86.3 Å². The number of carbonyl (C=O) groups excluding carboxylic acids is 1. The van der Waals surface area contributed by atoms with Gasteiger partial charge in [-0.3, -0.25) is 4.79 Å². The van der Waals surface area contributed by atoms with E-state index in [1.807, 2.05) is 61.2 Å². The van der Waals surface area contributed by atoms with Gasteiger partial charge in [0.05, 0.1) is 11.9 Å². The smallest absolute Gasteiger partial charge is 0.240 e. The van der Waals surface area contributed by atoms with Crippen molar-refractivity contribution in [1.29, 1.82) is 0 Å². The summed E-state index contributed by atoms with van der Waals surface area (Å²) >= 11 is 1.32. The van der Waals surface area contributed by atoms with Gasteiger partial charge in [0.25, 0.3) is 0 Å². The number of para-hydroxylation sites is 1. The molecular weight excluding hydrogens is 386 g/mol. The summed E-state index contributed by atoms with van der Waals surface area (Å²) < 4.78 is 6.90. The van der Waals surface area contributed by atoms with E-state index in [9.17, 15) is 4.79 Å². The zero-order valence-corrected chi connectivity index (χ0v) is 17.2. The number of aromatic nitrogens is 3. The van der Waals surface area contributed by atoms with Crippen LogP contribution in [0.25, 0.3) is 11.4 Å². The number of anilines is 1. The SMILES string of the molecule is CCOc1ccc(-c2nnc(S[C@H](C)C(=O)N3CCc4ccccc43)n2N)cc1. The average molecular weight is 410 g/mol. The quantitative estimate of drug-likeness (QED) is 0.497. The van der Waals surface area contributed by atoms with Crippen LogP contribution in [0, 0.1) is 0 Å². The Kier molecular flexibility index (Phi) is 5.44. The lowest BCUT2D eigenvalue weighted by molar-refractivity contribution is -0.117. The highest BCUT2D eigenvalue weighted by Gasteiger charge is 2.29. The monoisotopic (exact) mass is 409 g/mol. The fourth-order valence-electron chi connectivity index (χ4n) is 3.42. The molecule has 4 rings (SSSR count). The molecule has 29 heavy (non-hydrogen) atoms. The summed E-state index contributed by atoms with van der Waals surface area (Å²) in [6, 6.07) is 15.6. The second kappa shape index (κ2) is 8.16. The van der Waals surface area contributed by atoms with Crippen molar-refractivity contribution in [1.82, 2.24) is 14.9 Å². The van der Waals surface area contributed by atoms with Crippen LogP contribution in [-0.2, 0) is 11.2 Å². The van der Waals surface area contributed by atoms with Crippen molar-refractivity contribution in [2.45, 2.75) is 30.7 Å². The number of hydrogen-bond acceptors (Lipinski definition) is 6. The molecule has 0 unspecified atom stereocenters. The summed E-state index contributed by atoms with van der Waals surface area (Å²) in [5.74, 6) is 7.61. The Morgan fingerprint density at radius 2 is 1.97 bits per heavy atom. The van der Waals surface area contributed by atoms with Crippen LogP contribution >= 0.6 is 11.8 Å². The van der Waals surface area contributed by atoms with Gasteiger partial charge >= 0.3 is 0 Å². The third-order valence-electron chi connectivity index (χ3n) is 4.87. The minimum absolute atomic E-state index is 0.0468. The van der Waals surface area contributed by atoms with Gasteiger partial charge in [-0.1, -0.05) is 30.0 Å². The summed E-state index contributed by atoms with van der Waals surface area (Å²) in [5.41, 5.74) is 3.04. The van der Waals surface area contributed by atoms with E-state index in [-0.39, 0.29) is 11.2 Å². The van der Waals surface area contributed by atoms with Gasteiger partial charge in [0.2, 0.25) is 11.1 Å². The van der Waals surface area contributed by atoms with Crippen LogP contribution in [-0.4, -0.2) is 39.2 Å². The Balaban J connectivity index is 1.48. The second-order valence-corrected chi connectivity index (χ2v) is 8.07. The number of carbonyl (C=O) groups is 1. The summed E-state index contributed by atoms with van der Waals surface area (Å²) in [4.78, 5) is 14.8. The number of ether oxygens (including phenoxy) is 1. The molecule has 1 aliphatic rings. The van der Waals surface area contributed by atoms with Gasteiger partial charge in [0.15, 0.2) is 5.82 Å². The maximum atomic E-state index is 13.0. The molecule has 8 heteroatoms. The van der Waals surface area contributed by atoms with E-state index in [1.165, 1.54) is 22.0 Å². The number of nitrogens with zero attached hydrogens (tertiary/aromatic N) is 4. The van der Waals surface area contributed by atoms with E-state index in [0.29, 0.717) is 24.1 Å². The summed E-state index contributed by atoms with van der Waals surface area (Å²) in [6.45, 7) is 5.13. The van der Waals surface area contributed by atoms with E-state index in [0.717, 1.165) is 23.4 Å². The first-order valence-corrected chi connectivity index (χ1v) is 10.5. The van der Waals surface area contributed by atoms with Crippen molar-refractivity contribution >= 4 is 23.4 Å². The molecule has 150 valence electrons. The van der Waals surface area contributed by atoms with Crippen LogP contribution in [0.2, 0.25) is 0 Å². The number of rotatable bonds is 6. The van der Waals surface area contributed by atoms with Gasteiger partial charge in [-0.2, -0.15) is 0 Å². The molecule has 0 spiro atoms. The van der Waals surface area contributed by atoms with Gasteiger partial charge in [0, 0.05) is 17.8 Å². The number of nitrogens with two attached hydrogens (primary N) is 1. The number of amides is 1. The Morgan fingerprint density at radius 1 is 1.21 bits per heavy atom. The number of nitrogen functional groups attached to an aromatic ring is 1. The van der Waals surface area contributed by atoms with Crippen LogP contribution in [0.5, 0.6) is 5.75 Å². The molecule has 0 fully saturated rings. The second-order valence-electron chi connectivity index (χ2n) is 6.76. The van der Waals surface area contributed by atoms with Crippen molar-refractivity contribution in [2.75, 3.05) is 23.9 Å². The van der Waals surface area contributed by atoms with E-state index in [1.54, 1.807) is 0 Å². The van der Waals surface area contributed by atoms with E-state index in [2.05, 4.69) is 16.3 Å². The van der Waals surface area contributed by atoms with Crippen molar-refractivity contribution in [2.24, 2.45) is 0 Å². The van der Waals surface area contributed by atoms with E-state index < -0.39 is 0 Å². The molecule has 7 nitrogen and oxygen atoms in total. The molecule has 2 aromatic carbocycles. The third-order valence-corrected chi connectivity index (χ3v) is 5.92. The lowest BCUT2D eigenvalue weighted by atomic mass is 10.2. The Labute approximate surface area is 173 Å². The Bertz CT molecular complexity index is 1020. The standard InChI is InChI=1S/C21H23N5O2S/c1-3-28-17-10-8-16(9-11-17)19-23-24-21(26(19)22)29-14(2)20(27)25-13-12-15-6-4-5-7-18(15)25/h4-11,14H,3,12-13,22H2,1-2H3/t14-/m1/s1. The summed E-state index contributed by atoms with van der Waals surface area (Å²) in [7, 11) is 0. The van der Waals surface area contributed by atoms with Gasteiger partial charge in [-0.25, -0.2) is 4.68 Å². The normalized spacial score (nSPS) is 13.9. The fraction of sp³-hybridized carbons (Fsp3) is 0.286. The van der Waals surface area contributed by atoms with Crippen LogP contribution < -0.4 is 15.5 Å². The van der Waals surface area contributed by atoms with Gasteiger partial charge in [0.1, 0.15) is 5.75 Å². The first-order valence-electron chi connectivity index (χ1n) is 9.58. The zero-order valence-electron chi connectivity index (χ0n) is 16.4. The number of thioether (sulfide) groups is 1. The number of benzene rings is 2. The molecule has 0 saturated heterocycles. The maximum Gasteiger partial charge on any atom is 0.240 e. The Hall–Kier alpha value is -3.00. The predicted molar refractivity (Wildman–Crippen MR) is 115 cm³/mol. The molecule has 2 heterocycles. The van der Waals surface area contributed by atoms with E-state index >= 15 is 0 Å². The van der Waals surface area contributed by atoms with Crippen molar-refractivity contribution < 1.29 is 9.53 Å². The first-order chi connectivity index (χ1) is 14.1. The summed E-state index contributed by atoms with van der Waals surface area (Å²) in [6.07, 6.45) is 0.883. The Morgan fingerprint density at radius 3 is 2.72 bits per heavy atom. The van der Waals surface area contributed by atoms with Crippen LogP contribution in [0.3, 0.4) is 0 Å². The lowest BCUT2D eigenvalue weighted by Crippen LogP contribution is -2.35. The third kappa shape index (κ3) is 3.80. The van der Waals surface area contributed by atoms with Crippen molar-refractivity contribution in [3.8, 4) is 17.1 Å². The van der Waals surface area contributed by atoms with Gasteiger partial charge in [-0.05, 0) is 56.2 Å². The molecule has 0 aliphatic carbocycles. The van der Waals surface area contributed by atoms with Crippen LogP contribution in [0.15, 0.2) is 53.7 Å². The van der Waals surface area contributed by atoms with Crippen molar-refractivity contribution in [3.63, 3.8) is 0 Å². The van der Waals surface area contributed by atoms with Crippen LogP contribution in [0.4, 0.5) is 5.69 Å². The lowest BCUT2D eigenvalue weighted by Gasteiger charge is -2.21. The molecule has 0 radical (unpaired) electrons. The highest BCUT2D eigenvalue weighted by Crippen LogP contribution is 2.31. The number of hydrogen-bond donors (Lipinski definition) is 1. The molecule has 0 saturated carbocycles. The summed E-state index contributed by atoms with van der Waals surface area (Å²) in [5, 5.41) is 8.57. The fourth-order valence-corrected chi connectivity index (χ4v) is 4.25. The molecule has 1 aliphatic heterocycles. The zero-order chi connectivity index (χ0) is 20.4. The first kappa shape index (κ1) is 19.3. The van der Waals surface area contributed by atoms with Gasteiger partial charge < -0.3 is 15.5 Å². The maximum absolute atomic E-state index is 13.0. The largest absolute Gasteiger partial charge is 0.494 e. The predicted octanol–water partition coefficient (Wildman–Crippen LogP) is 3.13. The minimum Gasteiger partial charge on any atom is -0.494 e. The molecule has 2 N–H and O–H groups in total. The molecule has 1 amide bonds. The average Bonchev–Trinajstić information content (AvgIpc) is 3.32. The molecule has 1 aromatic heterocycles. The van der Waals surface area contributed by atoms with Crippen molar-refractivity contribution in [3.05, 3.63) is 54.1 Å². The number of fused-ring (bicyclic) bond motifs is 1. The van der Waals surface area contributed by atoms with Gasteiger partial charge in [-0.15, -0.1) is 10.2 Å². The highest BCUT2D eigenvalue weighted by molar-refractivity contribution is 8.00.